The molecule has 30 heavy (non-hydrogen) atoms. The number of rotatable bonds is 5. The van der Waals surface area contributed by atoms with Crippen molar-refractivity contribution in [3.8, 4) is 0 Å². The van der Waals surface area contributed by atoms with Crippen LogP contribution < -0.4 is 10.4 Å². The highest BCUT2D eigenvalue weighted by Gasteiger charge is 2.58. The molecule has 2 aromatic rings. The second-order valence-corrected chi connectivity index (χ2v) is 14.2. The van der Waals surface area contributed by atoms with Crippen molar-refractivity contribution < 1.29 is 14.0 Å². The van der Waals surface area contributed by atoms with Crippen molar-refractivity contribution in [1.29, 1.82) is 0 Å². The lowest BCUT2D eigenvalue weighted by Gasteiger charge is -2.44. The maximum absolute atomic E-state index is 12.8. The van der Waals surface area contributed by atoms with Crippen molar-refractivity contribution in [3.05, 3.63) is 60.7 Å². The number of fused-ring (bicyclic) bond motifs is 3. The summed E-state index contributed by atoms with van der Waals surface area (Å²) in [6.45, 7) is 7.48. The fourth-order valence-corrected chi connectivity index (χ4v) is 10.3. The maximum atomic E-state index is 12.8. The fraction of sp³-hybridized carbons (Fsp3) is 0.480. The minimum Gasteiger partial charge on any atom is -0.405 e. The average molecular weight is 422 g/mol. The molecule has 4 atom stereocenters. The summed E-state index contributed by atoms with van der Waals surface area (Å²) in [6, 6.07) is 21.9. The molecular weight excluding hydrogens is 390 g/mol. The van der Waals surface area contributed by atoms with Crippen LogP contribution >= 0.6 is 0 Å². The highest BCUT2D eigenvalue weighted by molar-refractivity contribution is 6.99. The second kappa shape index (κ2) is 7.33. The Morgan fingerprint density at radius 2 is 1.60 bits per heavy atom. The van der Waals surface area contributed by atoms with Crippen LogP contribution in [0.4, 0.5) is 0 Å². The predicted molar refractivity (Wildman–Crippen MR) is 121 cm³/mol. The van der Waals surface area contributed by atoms with Crippen LogP contribution in [0, 0.1) is 0 Å². The highest BCUT2D eigenvalue weighted by atomic mass is 28.4. The molecule has 3 fully saturated rings. The summed E-state index contributed by atoms with van der Waals surface area (Å²) in [5.41, 5.74) is 0. The summed E-state index contributed by atoms with van der Waals surface area (Å²) in [4.78, 5) is 14.9. The molecule has 0 N–H and O–H groups in total. The normalized spacial score (nSPS) is 28.2. The minimum absolute atomic E-state index is 0.0513. The van der Waals surface area contributed by atoms with Crippen molar-refractivity contribution >= 4 is 24.6 Å². The van der Waals surface area contributed by atoms with Crippen molar-refractivity contribution in [2.75, 3.05) is 6.61 Å². The summed E-state index contributed by atoms with van der Waals surface area (Å²) < 4.78 is 12.9. The van der Waals surface area contributed by atoms with Gasteiger partial charge in [-0.15, -0.1) is 0 Å². The van der Waals surface area contributed by atoms with E-state index in [2.05, 4.69) is 86.3 Å². The Balaban J connectivity index is 1.49. The van der Waals surface area contributed by atoms with Gasteiger partial charge in [0.15, 0.2) is 0 Å². The van der Waals surface area contributed by atoms with Crippen molar-refractivity contribution in [3.63, 3.8) is 0 Å². The number of ether oxygens (including phenoxy) is 1. The largest absolute Gasteiger partial charge is 0.405 e. The smallest absolute Gasteiger partial charge is 0.261 e. The molecule has 3 heterocycles. The van der Waals surface area contributed by atoms with E-state index < -0.39 is 8.32 Å². The first-order valence-electron chi connectivity index (χ1n) is 11.1. The van der Waals surface area contributed by atoms with Crippen LogP contribution in [0.3, 0.4) is 0 Å². The van der Waals surface area contributed by atoms with E-state index in [0.29, 0.717) is 13.0 Å². The van der Waals surface area contributed by atoms with E-state index in [1.54, 1.807) is 0 Å². The van der Waals surface area contributed by atoms with Gasteiger partial charge in [0.25, 0.3) is 8.32 Å². The second-order valence-electron chi connectivity index (χ2n) is 9.92. The Morgan fingerprint density at radius 1 is 1.00 bits per heavy atom. The quantitative estimate of drug-likeness (QED) is 0.550. The number of benzene rings is 2. The molecule has 0 aliphatic carbocycles. The van der Waals surface area contributed by atoms with Gasteiger partial charge in [-0.05, 0) is 28.3 Å². The third kappa shape index (κ3) is 3.15. The molecular formula is C25H31NO3Si. The Bertz CT molecular complexity index is 871. The zero-order valence-electron chi connectivity index (χ0n) is 18.1. The van der Waals surface area contributed by atoms with Gasteiger partial charge in [-0.25, -0.2) is 0 Å². The average Bonchev–Trinajstić information content (AvgIpc) is 3.38. The molecule has 2 aromatic carbocycles. The molecule has 0 aromatic heterocycles. The third-order valence-electron chi connectivity index (χ3n) is 7.12. The lowest BCUT2D eigenvalue weighted by molar-refractivity contribution is -0.136. The molecule has 3 aliphatic heterocycles. The topological polar surface area (TPSA) is 42.1 Å². The van der Waals surface area contributed by atoms with Crippen LogP contribution in [0.2, 0.25) is 5.04 Å². The van der Waals surface area contributed by atoms with E-state index >= 15 is 0 Å². The first kappa shape index (κ1) is 20.0. The first-order valence-corrected chi connectivity index (χ1v) is 13.0. The van der Waals surface area contributed by atoms with E-state index in [9.17, 15) is 4.79 Å². The van der Waals surface area contributed by atoms with E-state index in [1.807, 2.05) is 0 Å². The van der Waals surface area contributed by atoms with Gasteiger partial charge in [-0.3, -0.25) is 4.79 Å². The third-order valence-corrected chi connectivity index (χ3v) is 12.1. The van der Waals surface area contributed by atoms with Gasteiger partial charge < -0.3 is 14.1 Å². The van der Waals surface area contributed by atoms with Crippen LogP contribution in [0.15, 0.2) is 60.7 Å². The van der Waals surface area contributed by atoms with E-state index in [1.165, 1.54) is 10.4 Å². The number of amides is 1. The van der Waals surface area contributed by atoms with Crippen LogP contribution in [0.5, 0.6) is 0 Å². The maximum Gasteiger partial charge on any atom is 0.261 e. The molecule has 158 valence electrons. The molecule has 0 unspecified atom stereocenters. The molecule has 1 amide bonds. The zero-order chi connectivity index (χ0) is 20.9. The lowest BCUT2D eigenvalue weighted by Crippen LogP contribution is -2.67. The zero-order valence-corrected chi connectivity index (χ0v) is 19.1. The van der Waals surface area contributed by atoms with Crippen molar-refractivity contribution in [1.82, 2.24) is 4.90 Å². The van der Waals surface area contributed by atoms with Gasteiger partial charge in [-0.2, -0.15) is 0 Å². The SMILES string of the molecule is CC(C)(C)[Si](OC[C@@H]1CC[C@H]2[C@H]3O[C@H]3CC(=O)N12)(c1ccccc1)c1ccccc1. The number of epoxide rings is 1. The van der Waals surface area contributed by atoms with Crippen LogP contribution in [-0.2, 0) is 14.0 Å². The Labute approximate surface area is 180 Å². The number of hydrogen-bond donors (Lipinski definition) is 0. The van der Waals surface area contributed by atoms with Gasteiger partial charge >= 0.3 is 0 Å². The number of carbonyl (C=O) groups excluding carboxylic acids is 1. The van der Waals surface area contributed by atoms with E-state index in [-0.39, 0.29) is 35.2 Å². The number of hydrogen-bond acceptors (Lipinski definition) is 3. The highest BCUT2D eigenvalue weighted by Crippen LogP contribution is 2.44. The summed E-state index contributed by atoms with van der Waals surface area (Å²) in [6.07, 6.45) is 3.01. The molecule has 5 rings (SSSR count). The van der Waals surface area contributed by atoms with Gasteiger partial charge in [0, 0.05) is 0 Å². The molecule has 4 nitrogen and oxygen atoms in total. The minimum atomic E-state index is -2.57. The molecule has 0 saturated carbocycles. The van der Waals surface area contributed by atoms with Crippen LogP contribution in [0.25, 0.3) is 0 Å². The van der Waals surface area contributed by atoms with Gasteiger partial charge in [-0.1, -0.05) is 81.4 Å². The van der Waals surface area contributed by atoms with Gasteiger partial charge in [0.05, 0.1) is 31.2 Å². The Hall–Kier alpha value is -1.95. The number of nitrogens with zero attached hydrogens (tertiary/aromatic N) is 1. The molecule has 3 saturated heterocycles. The van der Waals surface area contributed by atoms with Crippen molar-refractivity contribution in [2.24, 2.45) is 0 Å². The van der Waals surface area contributed by atoms with Crippen LogP contribution in [0.1, 0.15) is 40.0 Å². The molecule has 5 heteroatoms. The van der Waals surface area contributed by atoms with Crippen molar-refractivity contribution in [2.45, 2.75) is 69.4 Å². The molecule has 0 spiro atoms. The van der Waals surface area contributed by atoms with Gasteiger partial charge in [0.2, 0.25) is 5.91 Å². The molecule has 0 radical (unpaired) electrons. The Kier molecular flexibility index (Phi) is 4.88. The number of carbonyl (C=O) groups is 1. The van der Waals surface area contributed by atoms with Crippen LogP contribution in [-0.4, -0.2) is 50.0 Å². The van der Waals surface area contributed by atoms with E-state index in [4.69, 9.17) is 9.16 Å². The summed E-state index contributed by atoms with van der Waals surface area (Å²) in [7, 11) is -2.57. The Morgan fingerprint density at radius 3 is 2.17 bits per heavy atom. The monoisotopic (exact) mass is 421 g/mol. The molecule has 3 aliphatic rings. The standard InChI is InChI=1S/C25H31NO3Si/c1-25(2,3)30(19-10-6-4-7-11-19,20-12-8-5-9-13-20)28-17-18-14-15-21-24-22(29-24)16-23(27)26(18)21/h4-13,18,21-22,24H,14-17H2,1-3H3/t18-,21-,22-,24+/m0/s1. The predicted octanol–water partition coefficient (Wildman–Crippen LogP) is 3.09. The van der Waals surface area contributed by atoms with Gasteiger partial charge in [0.1, 0.15) is 6.10 Å². The first-order chi connectivity index (χ1) is 14.4. The number of piperidine rings is 1. The molecule has 0 bridgehead atoms. The summed E-state index contributed by atoms with van der Waals surface area (Å²) >= 11 is 0. The van der Waals surface area contributed by atoms with E-state index in [0.717, 1.165) is 12.8 Å². The summed E-state index contributed by atoms with van der Waals surface area (Å²) in [5, 5.41) is 2.52. The lowest BCUT2D eigenvalue weighted by atomic mass is 10.0. The summed E-state index contributed by atoms with van der Waals surface area (Å²) in [5.74, 6) is 0.243. The fourth-order valence-electron chi connectivity index (χ4n) is 5.71.